The van der Waals surface area contributed by atoms with E-state index in [1.165, 1.54) is 11.6 Å². The summed E-state index contributed by atoms with van der Waals surface area (Å²) < 4.78 is 1.61. The molecule has 30 heavy (non-hydrogen) atoms. The van der Waals surface area contributed by atoms with Gasteiger partial charge in [-0.1, -0.05) is 36.0 Å². The average Bonchev–Trinajstić information content (AvgIpc) is 3.16. The minimum absolute atomic E-state index is 0.00388. The largest absolute Gasteiger partial charge is 0.394 e. The van der Waals surface area contributed by atoms with Crippen molar-refractivity contribution in [3.8, 4) is 0 Å². The molecule has 2 heterocycles. The lowest BCUT2D eigenvalue weighted by Crippen LogP contribution is -2.11. The first kappa shape index (κ1) is 21.6. The Labute approximate surface area is 183 Å². The van der Waals surface area contributed by atoms with Crippen LogP contribution in [0.1, 0.15) is 12.0 Å². The van der Waals surface area contributed by atoms with Crippen LogP contribution in [0.15, 0.2) is 42.9 Å². The van der Waals surface area contributed by atoms with Gasteiger partial charge < -0.3 is 21.1 Å². The van der Waals surface area contributed by atoms with Crippen LogP contribution >= 0.6 is 23.8 Å². The first-order chi connectivity index (χ1) is 14.6. The van der Waals surface area contributed by atoms with E-state index in [0.29, 0.717) is 41.3 Å². The molecule has 0 aliphatic carbocycles. The fraction of sp³-hybridized carbons (Fsp3) is 0.211. The number of benzene rings is 1. The normalized spacial score (nSPS) is 10.5. The van der Waals surface area contributed by atoms with Gasteiger partial charge in [0.25, 0.3) is 0 Å². The van der Waals surface area contributed by atoms with E-state index in [2.05, 4.69) is 31.0 Å². The quantitative estimate of drug-likeness (QED) is 0.352. The van der Waals surface area contributed by atoms with Crippen LogP contribution in [0.5, 0.6) is 0 Å². The second kappa shape index (κ2) is 10.6. The zero-order chi connectivity index (χ0) is 21.3. The number of carbonyl (C=O) groups excluding carboxylic acids is 1. The molecule has 1 amide bonds. The number of rotatable bonds is 10. The van der Waals surface area contributed by atoms with Gasteiger partial charge >= 0.3 is 0 Å². The van der Waals surface area contributed by atoms with Crippen molar-refractivity contribution in [3.63, 3.8) is 0 Å². The lowest BCUT2D eigenvalue weighted by Gasteiger charge is -2.11. The van der Waals surface area contributed by atoms with E-state index in [1.807, 2.05) is 18.2 Å². The fourth-order valence-electron chi connectivity index (χ4n) is 2.57. The smallest absolute Gasteiger partial charge is 0.229 e. The molecule has 0 unspecified atom stereocenters. The van der Waals surface area contributed by atoms with Crippen LogP contribution in [0.4, 0.5) is 23.1 Å². The summed E-state index contributed by atoms with van der Waals surface area (Å²) in [6, 6.07) is 7.44. The van der Waals surface area contributed by atoms with Gasteiger partial charge in [0.05, 0.1) is 37.7 Å². The second-order valence-corrected chi connectivity index (χ2v) is 6.94. The number of halogens is 1. The van der Waals surface area contributed by atoms with E-state index < -0.39 is 0 Å². The molecule has 156 valence electrons. The van der Waals surface area contributed by atoms with Crippen LogP contribution in [0, 0.1) is 0 Å². The molecule has 0 radical (unpaired) electrons. The van der Waals surface area contributed by atoms with Crippen molar-refractivity contribution < 1.29 is 9.90 Å². The molecule has 4 N–H and O–H groups in total. The Morgan fingerprint density at radius 3 is 2.97 bits per heavy atom. The molecule has 3 rings (SSSR count). The number of aliphatic hydroxyl groups excluding tert-OH is 1. The average molecular weight is 446 g/mol. The van der Waals surface area contributed by atoms with E-state index in [4.69, 9.17) is 28.9 Å². The lowest BCUT2D eigenvalue weighted by atomic mass is 10.2. The number of nitrogens with zero attached hydrogens (tertiary/aromatic N) is 4. The zero-order valence-electron chi connectivity index (χ0n) is 15.9. The Morgan fingerprint density at radius 1 is 1.30 bits per heavy atom. The second-order valence-electron chi connectivity index (χ2n) is 6.20. The molecule has 0 bridgehead atoms. The van der Waals surface area contributed by atoms with Gasteiger partial charge in [0, 0.05) is 18.4 Å². The van der Waals surface area contributed by atoms with E-state index in [-0.39, 0.29) is 18.9 Å². The Kier molecular flexibility index (Phi) is 7.66. The third kappa shape index (κ3) is 6.21. The summed E-state index contributed by atoms with van der Waals surface area (Å²) >= 11 is 10.9. The van der Waals surface area contributed by atoms with Crippen molar-refractivity contribution in [2.24, 2.45) is 0 Å². The number of aliphatic hydroxyl groups is 1. The van der Waals surface area contributed by atoms with E-state index >= 15 is 0 Å². The molecule has 0 saturated carbocycles. The predicted molar refractivity (Wildman–Crippen MR) is 120 cm³/mol. The molecule has 11 heteroatoms. The molecule has 2 aromatic heterocycles. The molecule has 0 spiro atoms. The first-order valence-corrected chi connectivity index (χ1v) is 9.91. The molecule has 9 nitrogen and oxygen atoms in total. The molecule has 0 aliphatic heterocycles. The first-order valence-electron chi connectivity index (χ1n) is 9.06. The van der Waals surface area contributed by atoms with Crippen molar-refractivity contribution >= 4 is 58.2 Å². The summed E-state index contributed by atoms with van der Waals surface area (Å²) in [5.74, 6) is 0.658. The minimum Gasteiger partial charge on any atom is -0.394 e. The number of anilines is 4. The molecule has 1 aromatic carbocycles. The summed E-state index contributed by atoms with van der Waals surface area (Å²) in [6.45, 7) is 0.854. The summed E-state index contributed by atoms with van der Waals surface area (Å²) in [5.41, 5.74) is 2.31. The standard InChI is InChI=1S/C19H20ClN7O2S/c20-16-11-22-19(25-15-10-23-27(12-15)5-6-28)26-18(16)21-9-13-2-1-3-14(8-13)24-17(29)4-7-30/h1-3,7-8,10-12,28H,4-6,9H2,(H,24,29)(H2,21,22,25,26). The predicted octanol–water partition coefficient (Wildman–Crippen LogP) is 3.00. The molecular formula is C19H20ClN7O2S. The van der Waals surface area contributed by atoms with Gasteiger partial charge in [-0.25, -0.2) is 4.98 Å². The SMILES string of the molecule is O=C(CC=S)Nc1cccc(CNc2nc(Nc3cnn(CCO)c3)ncc2Cl)c1. The summed E-state index contributed by atoms with van der Waals surface area (Å²) in [6.07, 6.45) is 5.04. The maximum Gasteiger partial charge on any atom is 0.229 e. The van der Waals surface area contributed by atoms with Crippen LogP contribution < -0.4 is 16.0 Å². The maximum absolute atomic E-state index is 11.7. The molecular weight excluding hydrogens is 426 g/mol. The fourth-order valence-corrected chi connectivity index (χ4v) is 2.88. The van der Waals surface area contributed by atoms with Crippen LogP contribution in [0.25, 0.3) is 0 Å². The molecule has 0 aliphatic rings. The van der Waals surface area contributed by atoms with Gasteiger partial charge in [0.1, 0.15) is 5.02 Å². The number of thiocarbonyl (C=S) groups is 1. The Hall–Kier alpha value is -3.08. The number of nitrogens with one attached hydrogen (secondary N) is 3. The highest BCUT2D eigenvalue weighted by Gasteiger charge is 2.08. The van der Waals surface area contributed by atoms with Gasteiger partial charge in [-0.3, -0.25) is 9.48 Å². The van der Waals surface area contributed by atoms with Crippen LogP contribution in [-0.4, -0.2) is 42.7 Å². The molecule has 0 atom stereocenters. The summed E-state index contributed by atoms with van der Waals surface area (Å²) in [7, 11) is 0. The Morgan fingerprint density at radius 2 is 2.17 bits per heavy atom. The maximum atomic E-state index is 11.7. The molecule has 0 fully saturated rings. The highest BCUT2D eigenvalue weighted by molar-refractivity contribution is 7.79. The molecule has 0 saturated heterocycles. The highest BCUT2D eigenvalue weighted by Crippen LogP contribution is 2.22. The Balaban J connectivity index is 1.64. The summed E-state index contributed by atoms with van der Waals surface area (Å²) in [5, 5.41) is 23.9. The van der Waals surface area contributed by atoms with Gasteiger partial charge in [0.15, 0.2) is 5.82 Å². The van der Waals surface area contributed by atoms with E-state index in [1.54, 1.807) is 23.1 Å². The van der Waals surface area contributed by atoms with Crippen molar-refractivity contribution in [2.75, 3.05) is 22.6 Å². The number of hydrogen-bond donors (Lipinski definition) is 4. The van der Waals surface area contributed by atoms with Crippen molar-refractivity contribution in [3.05, 3.63) is 53.4 Å². The Bertz CT molecular complexity index is 1030. The van der Waals surface area contributed by atoms with Gasteiger partial charge in [-0.05, 0) is 23.1 Å². The van der Waals surface area contributed by atoms with E-state index in [9.17, 15) is 4.79 Å². The van der Waals surface area contributed by atoms with Crippen molar-refractivity contribution in [1.29, 1.82) is 0 Å². The number of hydrogen-bond acceptors (Lipinski definition) is 8. The lowest BCUT2D eigenvalue weighted by molar-refractivity contribution is -0.115. The zero-order valence-corrected chi connectivity index (χ0v) is 17.5. The van der Waals surface area contributed by atoms with Crippen LogP contribution in [-0.2, 0) is 17.9 Å². The van der Waals surface area contributed by atoms with Gasteiger partial charge in [-0.2, -0.15) is 10.1 Å². The number of amides is 1. The third-order valence-electron chi connectivity index (χ3n) is 3.90. The third-order valence-corrected chi connectivity index (χ3v) is 4.35. The van der Waals surface area contributed by atoms with Crippen LogP contribution in [0.3, 0.4) is 0 Å². The number of carbonyl (C=O) groups is 1. The topological polar surface area (TPSA) is 117 Å². The van der Waals surface area contributed by atoms with Crippen molar-refractivity contribution in [1.82, 2.24) is 19.7 Å². The van der Waals surface area contributed by atoms with Gasteiger partial charge in [0.2, 0.25) is 11.9 Å². The highest BCUT2D eigenvalue weighted by atomic mass is 35.5. The number of aromatic nitrogens is 4. The minimum atomic E-state index is -0.160. The molecule has 3 aromatic rings. The van der Waals surface area contributed by atoms with Crippen molar-refractivity contribution in [2.45, 2.75) is 19.5 Å². The van der Waals surface area contributed by atoms with Gasteiger partial charge in [-0.15, -0.1) is 0 Å². The summed E-state index contributed by atoms with van der Waals surface area (Å²) in [4.78, 5) is 20.3. The monoisotopic (exact) mass is 445 g/mol. The van der Waals surface area contributed by atoms with E-state index in [0.717, 1.165) is 5.56 Å². The van der Waals surface area contributed by atoms with Crippen LogP contribution in [0.2, 0.25) is 5.02 Å².